The highest BCUT2D eigenvalue weighted by atomic mass is 16.5. The van der Waals surface area contributed by atoms with E-state index in [1.807, 2.05) is 11.8 Å². The van der Waals surface area contributed by atoms with Crippen molar-refractivity contribution >= 4 is 11.9 Å². The van der Waals surface area contributed by atoms with Gasteiger partial charge in [-0.15, -0.1) is 0 Å². The molecule has 0 N–H and O–H groups in total. The van der Waals surface area contributed by atoms with Gasteiger partial charge in [-0.2, -0.15) is 0 Å². The maximum absolute atomic E-state index is 12.6. The zero-order valence-corrected chi connectivity index (χ0v) is 23.0. The molecule has 2 rings (SSSR count). The summed E-state index contributed by atoms with van der Waals surface area (Å²) in [6.45, 7) is 8.96. The number of hydrogen-bond acceptors (Lipinski definition) is 4. The number of amides is 1. The molecule has 202 valence electrons. The molecule has 2 aliphatic rings. The van der Waals surface area contributed by atoms with Gasteiger partial charge in [0.2, 0.25) is 5.91 Å². The third-order valence-electron chi connectivity index (χ3n) is 7.81. The molecule has 0 saturated carbocycles. The molecule has 1 amide bonds. The summed E-state index contributed by atoms with van der Waals surface area (Å²) in [4.78, 5) is 29.4. The van der Waals surface area contributed by atoms with Crippen LogP contribution < -0.4 is 0 Å². The molecule has 2 heterocycles. The minimum absolute atomic E-state index is 0.124. The molecule has 35 heavy (non-hydrogen) atoms. The highest BCUT2D eigenvalue weighted by Crippen LogP contribution is 2.26. The Hall–Kier alpha value is -1.36. The van der Waals surface area contributed by atoms with Gasteiger partial charge in [0.05, 0.1) is 11.8 Å². The monoisotopic (exact) mass is 490 g/mol. The van der Waals surface area contributed by atoms with Crippen LogP contribution in [0.5, 0.6) is 0 Å². The molecular formula is C30H54N2O3. The summed E-state index contributed by atoms with van der Waals surface area (Å²) in [5, 5.41) is 0. The van der Waals surface area contributed by atoms with E-state index in [0.717, 1.165) is 39.0 Å². The van der Waals surface area contributed by atoms with Crippen LogP contribution in [-0.2, 0) is 14.3 Å². The lowest BCUT2D eigenvalue weighted by Crippen LogP contribution is -2.29. The first-order valence-corrected chi connectivity index (χ1v) is 15.0. The van der Waals surface area contributed by atoms with Crippen molar-refractivity contribution in [1.82, 2.24) is 9.80 Å². The zero-order chi connectivity index (χ0) is 25.1. The maximum atomic E-state index is 12.6. The van der Waals surface area contributed by atoms with Crippen LogP contribution in [0, 0.1) is 11.8 Å². The van der Waals surface area contributed by atoms with E-state index < -0.39 is 0 Å². The number of likely N-dealkylation sites (tertiary alicyclic amines) is 2. The molecule has 0 aromatic heterocycles. The van der Waals surface area contributed by atoms with Gasteiger partial charge < -0.3 is 9.64 Å². The average molecular weight is 491 g/mol. The fraction of sp³-hybridized carbons (Fsp3) is 0.867. The topological polar surface area (TPSA) is 49.9 Å². The Balaban J connectivity index is 1.43. The van der Waals surface area contributed by atoms with E-state index in [2.05, 4.69) is 24.0 Å². The highest BCUT2D eigenvalue weighted by Gasteiger charge is 2.41. The Labute approximate surface area is 216 Å². The third-order valence-corrected chi connectivity index (χ3v) is 7.81. The summed E-state index contributed by atoms with van der Waals surface area (Å²) >= 11 is 0. The number of unbranched alkanes of at least 4 members (excludes halogenated alkanes) is 12. The van der Waals surface area contributed by atoms with Gasteiger partial charge in [0.15, 0.2) is 0 Å². The van der Waals surface area contributed by atoms with Crippen molar-refractivity contribution in [2.45, 2.75) is 117 Å². The lowest BCUT2D eigenvalue weighted by atomic mass is 9.98. The first-order valence-electron chi connectivity index (χ1n) is 15.0. The SMILES string of the molecule is CCCCCCCC/C=C\CCCCCCCCN1C[C@@H](C(=O)OCCN2CCCC2)C(C)C1=O. The number of esters is 1. The van der Waals surface area contributed by atoms with E-state index in [9.17, 15) is 9.59 Å². The van der Waals surface area contributed by atoms with E-state index in [0.29, 0.717) is 13.2 Å². The summed E-state index contributed by atoms with van der Waals surface area (Å²) in [6.07, 6.45) is 25.3. The van der Waals surface area contributed by atoms with E-state index in [1.54, 1.807) is 0 Å². The summed E-state index contributed by atoms with van der Waals surface area (Å²) in [7, 11) is 0. The number of ether oxygens (including phenoxy) is 1. The van der Waals surface area contributed by atoms with Crippen LogP contribution in [0.25, 0.3) is 0 Å². The smallest absolute Gasteiger partial charge is 0.311 e. The van der Waals surface area contributed by atoms with E-state index in [4.69, 9.17) is 4.74 Å². The van der Waals surface area contributed by atoms with Gasteiger partial charge in [0.25, 0.3) is 0 Å². The van der Waals surface area contributed by atoms with Crippen molar-refractivity contribution in [1.29, 1.82) is 0 Å². The summed E-state index contributed by atoms with van der Waals surface area (Å²) in [5.41, 5.74) is 0. The second-order valence-electron chi connectivity index (χ2n) is 10.8. The molecule has 2 atom stereocenters. The molecule has 0 aromatic carbocycles. The number of carbonyl (C=O) groups is 2. The standard InChI is InChI=1S/C30H54N2O3/c1-3-4-5-6-7-8-9-10-11-12-13-14-15-16-17-18-23-32-26-28(27(2)29(32)33)30(34)35-25-24-31-21-19-20-22-31/h10-11,27-28H,3-9,12-26H2,1-2H3/b11-10-/t27?,28-/m1/s1. The van der Waals surface area contributed by atoms with Crippen molar-refractivity contribution in [3.05, 3.63) is 12.2 Å². The van der Waals surface area contributed by atoms with Crippen LogP contribution in [-0.4, -0.2) is 61.0 Å². The van der Waals surface area contributed by atoms with Crippen molar-refractivity contribution in [2.24, 2.45) is 11.8 Å². The first kappa shape index (κ1) is 29.9. The predicted octanol–water partition coefficient (Wildman–Crippen LogP) is 6.76. The van der Waals surface area contributed by atoms with Gasteiger partial charge in [0, 0.05) is 19.6 Å². The maximum Gasteiger partial charge on any atom is 0.311 e. The lowest BCUT2D eigenvalue weighted by molar-refractivity contribution is -0.150. The third kappa shape index (κ3) is 12.4. The number of allylic oxidation sites excluding steroid dienone is 2. The quantitative estimate of drug-likeness (QED) is 0.107. The summed E-state index contributed by atoms with van der Waals surface area (Å²) in [5.74, 6) is -0.605. The van der Waals surface area contributed by atoms with Gasteiger partial charge in [0.1, 0.15) is 6.61 Å². The molecule has 0 spiro atoms. The Morgan fingerprint density at radius 3 is 2.06 bits per heavy atom. The minimum atomic E-state index is -0.296. The molecular weight excluding hydrogens is 436 g/mol. The largest absolute Gasteiger partial charge is 0.464 e. The van der Waals surface area contributed by atoms with Crippen LogP contribution in [0.1, 0.15) is 117 Å². The van der Waals surface area contributed by atoms with E-state index in [-0.39, 0.29) is 23.7 Å². The normalized spacial score (nSPS) is 21.0. The minimum Gasteiger partial charge on any atom is -0.464 e. The molecule has 1 unspecified atom stereocenters. The Morgan fingerprint density at radius 2 is 1.43 bits per heavy atom. The fourth-order valence-corrected chi connectivity index (χ4v) is 5.36. The van der Waals surface area contributed by atoms with Gasteiger partial charge in [-0.3, -0.25) is 14.5 Å². The molecule has 0 bridgehead atoms. The van der Waals surface area contributed by atoms with Crippen molar-refractivity contribution < 1.29 is 14.3 Å². The van der Waals surface area contributed by atoms with Gasteiger partial charge >= 0.3 is 5.97 Å². The average Bonchev–Trinajstić information content (AvgIpc) is 3.47. The Morgan fingerprint density at radius 1 is 0.857 bits per heavy atom. The lowest BCUT2D eigenvalue weighted by Gasteiger charge is -2.17. The Bertz CT molecular complexity index is 600. The molecule has 2 aliphatic heterocycles. The summed E-state index contributed by atoms with van der Waals surface area (Å²) in [6, 6.07) is 0. The molecule has 5 heteroatoms. The number of nitrogens with zero attached hydrogens (tertiary/aromatic N) is 2. The van der Waals surface area contributed by atoms with Gasteiger partial charge in [-0.05, 0) is 58.0 Å². The molecule has 0 radical (unpaired) electrons. The predicted molar refractivity (Wildman–Crippen MR) is 145 cm³/mol. The fourth-order valence-electron chi connectivity index (χ4n) is 5.36. The summed E-state index contributed by atoms with van der Waals surface area (Å²) < 4.78 is 5.53. The van der Waals surface area contributed by atoms with Crippen LogP contribution in [0.15, 0.2) is 12.2 Å². The molecule has 0 aromatic rings. The Kier molecular flexibility index (Phi) is 16.1. The van der Waals surface area contributed by atoms with Crippen molar-refractivity contribution in [3.63, 3.8) is 0 Å². The van der Waals surface area contributed by atoms with E-state index in [1.165, 1.54) is 89.9 Å². The molecule has 0 aliphatic carbocycles. The van der Waals surface area contributed by atoms with Crippen LogP contribution in [0.3, 0.4) is 0 Å². The van der Waals surface area contributed by atoms with E-state index >= 15 is 0 Å². The second kappa shape index (κ2) is 18.8. The number of hydrogen-bond donors (Lipinski definition) is 0. The number of carbonyl (C=O) groups excluding carboxylic acids is 2. The van der Waals surface area contributed by atoms with Crippen LogP contribution >= 0.6 is 0 Å². The van der Waals surface area contributed by atoms with Crippen LogP contribution in [0.4, 0.5) is 0 Å². The molecule has 2 fully saturated rings. The number of rotatable bonds is 20. The van der Waals surface area contributed by atoms with Gasteiger partial charge in [-0.1, -0.05) is 83.8 Å². The van der Waals surface area contributed by atoms with Gasteiger partial charge in [-0.25, -0.2) is 0 Å². The molecule has 2 saturated heterocycles. The molecule has 5 nitrogen and oxygen atoms in total. The second-order valence-corrected chi connectivity index (χ2v) is 10.8. The first-order chi connectivity index (χ1) is 17.1. The zero-order valence-electron chi connectivity index (χ0n) is 23.0. The van der Waals surface area contributed by atoms with Crippen molar-refractivity contribution in [2.75, 3.05) is 39.3 Å². The van der Waals surface area contributed by atoms with Crippen LogP contribution in [0.2, 0.25) is 0 Å². The van der Waals surface area contributed by atoms with Crippen molar-refractivity contribution in [3.8, 4) is 0 Å². The highest BCUT2D eigenvalue weighted by molar-refractivity contribution is 5.88.